The summed E-state index contributed by atoms with van der Waals surface area (Å²) in [5.74, 6) is -13.3. The van der Waals surface area contributed by atoms with Crippen LogP contribution in [0.2, 0.25) is 0 Å². The van der Waals surface area contributed by atoms with Crippen molar-refractivity contribution in [1.29, 1.82) is 0 Å². The molecule has 0 aliphatic carbocycles. The molecule has 0 aromatic heterocycles. The van der Waals surface area contributed by atoms with Crippen molar-refractivity contribution in [3.8, 4) is 0 Å². The Kier molecular flexibility index (Phi) is 29.5. The first-order valence-corrected chi connectivity index (χ1v) is 31.2. The van der Waals surface area contributed by atoms with Crippen LogP contribution in [0.5, 0.6) is 0 Å². The van der Waals surface area contributed by atoms with E-state index >= 15 is 0 Å². The summed E-state index contributed by atoms with van der Waals surface area (Å²) >= 11 is 0. The lowest BCUT2D eigenvalue weighted by Crippen LogP contribution is -2.41. The van der Waals surface area contributed by atoms with Crippen molar-refractivity contribution in [3.05, 3.63) is 209 Å². The SMILES string of the molecule is Cc1cc(C)cc(C(=O)OOC(=O)OCCC(COC(=O)OOC(=O)c2cc(C)cc(C)c2)C(COC(=O)OOC(=O)c2cc(C)cc(C)c2)C(COC(=O)OOC(=O)c2cc(C)cc(C)c2)C(CCOC(=O)OOC(=O)c2cc(C)cc(C)c2)COC(=O)OOC(=O)c2cc(C)cc(C)c2)c1. The summed E-state index contributed by atoms with van der Waals surface area (Å²) in [4.78, 5) is 217. The first-order chi connectivity index (χ1) is 48.4. The van der Waals surface area contributed by atoms with Gasteiger partial charge in [0, 0.05) is 23.7 Å². The summed E-state index contributed by atoms with van der Waals surface area (Å²) in [6.45, 7) is 14.5. The van der Waals surface area contributed by atoms with Crippen LogP contribution in [0.25, 0.3) is 0 Å². The molecule has 0 saturated heterocycles. The molecule has 102 heavy (non-hydrogen) atoms. The quantitative estimate of drug-likeness (QED) is 0.0249. The van der Waals surface area contributed by atoms with Crippen molar-refractivity contribution in [1.82, 2.24) is 0 Å². The molecule has 0 radical (unpaired) electrons. The van der Waals surface area contributed by atoms with Crippen LogP contribution < -0.4 is 0 Å². The van der Waals surface area contributed by atoms with E-state index in [1.54, 1.807) is 119 Å². The highest BCUT2D eigenvalue weighted by Gasteiger charge is 2.40. The van der Waals surface area contributed by atoms with Crippen LogP contribution in [0.15, 0.2) is 109 Å². The van der Waals surface area contributed by atoms with E-state index in [9.17, 15) is 57.5 Å². The second-order valence-corrected chi connectivity index (χ2v) is 23.8. The summed E-state index contributed by atoms with van der Waals surface area (Å²) in [6.07, 6.45) is -11.4. The zero-order valence-electron chi connectivity index (χ0n) is 57.6. The number of hydrogen-bond acceptors (Lipinski definition) is 30. The molecule has 6 rings (SSSR count). The number of benzene rings is 6. The van der Waals surface area contributed by atoms with Gasteiger partial charge in [0.05, 0.1) is 73.0 Å². The van der Waals surface area contributed by atoms with Crippen molar-refractivity contribution in [3.63, 3.8) is 0 Å². The molecule has 0 bridgehead atoms. The Morgan fingerprint density at radius 3 is 0.549 bits per heavy atom. The van der Waals surface area contributed by atoms with Crippen LogP contribution in [0.3, 0.4) is 0 Å². The Morgan fingerprint density at radius 2 is 0.373 bits per heavy atom. The third-order valence-electron chi connectivity index (χ3n) is 14.7. The zero-order valence-corrected chi connectivity index (χ0v) is 57.6. The molecule has 0 saturated carbocycles. The summed E-state index contributed by atoms with van der Waals surface area (Å²) < 4.78 is 32.6. The van der Waals surface area contributed by atoms with Crippen LogP contribution in [0.4, 0.5) is 28.8 Å². The summed E-state index contributed by atoms with van der Waals surface area (Å²) in [7, 11) is 0. The summed E-state index contributed by atoms with van der Waals surface area (Å²) in [6, 6.07) is 27.7. The number of hydrogen-bond donors (Lipinski definition) is 0. The van der Waals surface area contributed by atoms with E-state index in [0.29, 0.717) is 66.8 Å². The van der Waals surface area contributed by atoms with Gasteiger partial charge in [-0.3, -0.25) is 0 Å². The minimum absolute atomic E-state index is 0.00816. The van der Waals surface area contributed by atoms with Crippen molar-refractivity contribution in [2.75, 3.05) is 39.6 Å². The van der Waals surface area contributed by atoms with Gasteiger partial charge in [-0.1, -0.05) is 103 Å². The normalized spacial score (nSPS) is 11.8. The Hall–Kier alpha value is -12.2. The van der Waals surface area contributed by atoms with Crippen molar-refractivity contribution in [2.24, 2.45) is 23.7 Å². The summed E-state index contributed by atoms with van der Waals surface area (Å²) in [5.41, 5.74) is 7.47. The Labute approximate surface area is 583 Å². The van der Waals surface area contributed by atoms with Gasteiger partial charge >= 0.3 is 72.7 Å². The molecule has 6 aromatic carbocycles. The van der Waals surface area contributed by atoms with E-state index < -0.39 is 149 Å². The smallest absolute Gasteiger partial charge is 0.432 e. The third-order valence-corrected chi connectivity index (χ3v) is 14.7. The molecular weight excluding hydrogens is 1340 g/mol. The van der Waals surface area contributed by atoms with Crippen molar-refractivity contribution < 1.29 is 145 Å². The molecule has 542 valence electrons. The Balaban J connectivity index is 1.40. The number of rotatable bonds is 23. The highest BCUT2D eigenvalue weighted by atomic mass is 17.3. The standard InChI is InChI=1S/C72H74O30/c1-39-17-40(2)24-53(23-39)61(73)91-97-67(79)85-15-13-51(35-87-69(81)99-93-63(75)55-27-43(5)19-44(6)28-55)59(37-89-71(83)101-95-65(77)57-31-47(9)21-48(10)32-57)60(38-90-72(84)102-96-66(78)58-33-49(11)22-50(12)34-58)52(36-88-70(82)100-94-64(76)56-29-45(7)20-46(8)30-56)14-16-86-68(80)98-92-62(74)54-25-41(3)18-42(4)26-54/h17-34,51-52,59-60H,13-16,35-38H2,1-12H3. The highest BCUT2D eigenvalue weighted by molar-refractivity contribution is 5.93. The van der Waals surface area contributed by atoms with Crippen molar-refractivity contribution in [2.45, 2.75) is 95.9 Å². The molecule has 30 nitrogen and oxygen atoms in total. The molecule has 0 fully saturated rings. The molecular formula is C72H74O30. The maximum Gasteiger partial charge on any atom is 0.549 e. The first-order valence-electron chi connectivity index (χ1n) is 31.2. The first kappa shape index (κ1) is 78.8. The monoisotopic (exact) mass is 1420 g/mol. The molecule has 4 atom stereocenters. The molecule has 0 amide bonds. The Morgan fingerprint density at radius 1 is 0.216 bits per heavy atom. The maximum absolute atomic E-state index is 13.7. The van der Waals surface area contributed by atoms with Crippen LogP contribution in [-0.4, -0.2) is 112 Å². The molecule has 0 aliphatic heterocycles. The van der Waals surface area contributed by atoms with Gasteiger partial charge in [-0.05, 0) is 169 Å². The number of carbonyl (C=O) groups excluding carboxylic acids is 12. The van der Waals surface area contributed by atoms with Gasteiger partial charge < -0.3 is 28.4 Å². The Bertz CT molecular complexity index is 3700. The van der Waals surface area contributed by atoms with Gasteiger partial charge in [0.2, 0.25) is 0 Å². The molecule has 30 heteroatoms. The third kappa shape index (κ3) is 26.5. The molecule has 0 N–H and O–H groups in total. The van der Waals surface area contributed by atoms with Gasteiger partial charge in [-0.15, -0.1) is 0 Å². The minimum Gasteiger partial charge on any atom is -0.432 e. The van der Waals surface area contributed by atoms with Gasteiger partial charge in [-0.2, -0.15) is 28.8 Å². The van der Waals surface area contributed by atoms with E-state index in [4.69, 9.17) is 77.3 Å². The van der Waals surface area contributed by atoms with Gasteiger partial charge in [0.25, 0.3) is 0 Å². The zero-order chi connectivity index (χ0) is 74.7. The fourth-order valence-corrected chi connectivity index (χ4v) is 10.7. The van der Waals surface area contributed by atoms with Gasteiger partial charge in [-0.25, -0.2) is 87.4 Å². The maximum atomic E-state index is 13.7. The summed E-state index contributed by atoms with van der Waals surface area (Å²) in [5, 5.41) is 0. The van der Waals surface area contributed by atoms with Crippen LogP contribution >= 0.6 is 0 Å². The molecule has 0 aliphatic rings. The largest absolute Gasteiger partial charge is 0.549 e. The predicted octanol–water partition coefficient (Wildman–Crippen LogP) is 13.5. The molecule has 0 spiro atoms. The topological polar surface area (TPSA) is 371 Å². The van der Waals surface area contributed by atoms with E-state index in [1.165, 1.54) is 72.8 Å². The van der Waals surface area contributed by atoms with Crippen LogP contribution in [0.1, 0.15) is 142 Å². The minimum atomic E-state index is -1.75. The molecule has 6 aromatic rings. The van der Waals surface area contributed by atoms with Gasteiger partial charge in [0.15, 0.2) is 0 Å². The fraction of sp³-hybridized carbons (Fsp3) is 0.333. The fourth-order valence-electron chi connectivity index (χ4n) is 10.7. The van der Waals surface area contributed by atoms with Crippen LogP contribution in [0, 0.1) is 107 Å². The van der Waals surface area contributed by atoms with Crippen molar-refractivity contribution >= 4 is 72.7 Å². The lowest BCUT2D eigenvalue weighted by atomic mass is 9.74. The van der Waals surface area contributed by atoms with E-state index in [0.717, 1.165) is 0 Å². The average molecular weight is 1420 g/mol. The number of aryl methyl sites for hydroxylation is 12. The molecule has 0 heterocycles. The van der Waals surface area contributed by atoms with Gasteiger partial charge in [0.1, 0.15) is 0 Å². The predicted molar refractivity (Wildman–Crippen MR) is 346 cm³/mol. The lowest BCUT2D eigenvalue weighted by Gasteiger charge is -2.36. The lowest BCUT2D eigenvalue weighted by molar-refractivity contribution is -0.212. The highest BCUT2D eigenvalue weighted by Crippen LogP contribution is 2.35. The second kappa shape index (κ2) is 38.2. The van der Waals surface area contributed by atoms with E-state index in [-0.39, 0.29) is 33.4 Å². The second-order valence-electron chi connectivity index (χ2n) is 23.8. The van der Waals surface area contributed by atoms with Crippen LogP contribution in [-0.2, 0) is 87.1 Å². The molecule has 4 unspecified atom stereocenters. The number of carbonyl (C=O) groups is 12. The van der Waals surface area contributed by atoms with E-state index in [2.05, 4.69) is 9.78 Å². The number of ether oxygens (including phenoxy) is 6. The van der Waals surface area contributed by atoms with E-state index in [1.807, 2.05) is 0 Å². The average Bonchev–Trinajstić information content (AvgIpc) is 0.836.